The van der Waals surface area contributed by atoms with Gasteiger partial charge >= 0.3 is 6.03 Å². The van der Waals surface area contributed by atoms with Crippen LogP contribution in [0.5, 0.6) is 5.75 Å². The van der Waals surface area contributed by atoms with Crippen LogP contribution in [0.1, 0.15) is 30.9 Å². The number of carbonyl (C=O) groups excluding carboxylic acids is 2. The van der Waals surface area contributed by atoms with E-state index in [2.05, 4.69) is 25.4 Å². The van der Waals surface area contributed by atoms with E-state index in [1.54, 1.807) is 11.0 Å². The van der Waals surface area contributed by atoms with E-state index in [1.165, 1.54) is 12.1 Å². The zero-order valence-electron chi connectivity index (χ0n) is 25.8. The van der Waals surface area contributed by atoms with Crippen LogP contribution in [0.3, 0.4) is 0 Å². The quantitative estimate of drug-likeness (QED) is 0.226. The number of aromatic amines is 1. The number of ether oxygens (including phenoxy) is 1. The molecule has 0 bridgehead atoms. The number of aromatic nitrogens is 1. The summed E-state index contributed by atoms with van der Waals surface area (Å²) in [7, 11) is 3.97. The lowest BCUT2D eigenvalue weighted by Gasteiger charge is -2.37. The molecule has 232 valence electrons. The molecule has 1 aliphatic rings. The number of para-hydroxylation sites is 1. The smallest absolute Gasteiger partial charge is 0.318 e. The molecule has 1 fully saturated rings. The van der Waals surface area contributed by atoms with E-state index in [0.717, 1.165) is 27.7 Å². The molecule has 3 aromatic carbocycles. The minimum absolute atomic E-state index is 0.289. The maximum Gasteiger partial charge on any atom is 0.318 e. The molecule has 3 amide bonds. The van der Waals surface area contributed by atoms with Crippen LogP contribution in [-0.4, -0.2) is 79.6 Å². The standard InChI is InChI=1S/C34H41FN6O3/c1-5-44-31-14-13-24(22-39(3)4)19-30(31)37-33(42)32(23(2)28-21-36-29-12-7-6-11-27(28)29)38-34(43)41-17-15-40(16-18-41)26-10-8-9-25(35)20-26/h6-14,19-21,23,32,36H,5,15-18,22H2,1-4H3,(H,37,42)(H,38,43)/t23-,32+/m0/s1. The highest BCUT2D eigenvalue weighted by atomic mass is 19.1. The van der Waals surface area contributed by atoms with Gasteiger partial charge in [-0.15, -0.1) is 0 Å². The van der Waals surface area contributed by atoms with Crippen LogP contribution < -0.4 is 20.3 Å². The van der Waals surface area contributed by atoms with Crippen LogP contribution in [0.25, 0.3) is 10.9 Å². The van der Waals surface area contributed by atoms with E-state index in [-0.39, 0.29) is 23.7 Å². The first-order chi connectivity index (χ1) is 21.2. The second-order valence-corrected chi connectivity index (χ2v) is 11.4. The van der Waals surface area contributed by atoms with E-state index in [4.69, 9.17) is 4.74 Å². The highest BCUT2D eigenvalue weighted by molar-refractivity contribution is 5.99. The lowest BCUT2D eigenvalue weighted by atomic mass is 9.92. The average molecular weight is 601 g/mol. The Bertz CT molecular complexity index is 1600. The number of H-pyrrole nitrogens is 1. The van der Waals surface area contributed by atoms with Crippen molar-refractivity contribution in [3.05, 3.63) is 89.9 Å². The highest BCUT2D eigenvalue weighted by Crippen LogP contribution is 2.31. The highest BCUT2D eigenvalue weighted by Gasteiger charge is 2.32. The number of nitrogens with one attached hydrogen (secondary N) is 3. The Morgan fingerprint density at radius 1 is 1.02 bits per heavy atom. The van der Waals surface area contributed by atoms with Crippen LogP contribution in [0.15, 0.2) is 72.9 Å². The van der Waals surface area contributed by atoms with Crippen molar-refractivity contribution in [3.8, 4) is 5.75 Å². The van der Waals surface area contributed by atoms with Gasteiger partial charge in [0.15, 0.2) is 0 Å². The number of halogens is 1. The first kappa shape index (κ1) is 30.9. The molecule has 2 heterocycles. The molecular formula is C34H41FN6O3. The number of amides is 3. The zero-order chi connectivity index (χ0) is 31.2. The van der Waals surface area contributed by atoms with Crippen LogP contribution >= 0.6 is 0 Å². The first-order valence-corrected chi connectivity index (χ1v) is 15.1. The molecule has 1 saturated heterocycles. The molecule has 0 unspecified atom stereocenters. The van der Waals surface area contributed by atoms with Crippen LogP contribution in [0.2, 0.25) is 0 Å². The second kappa shape index (κ2) is 13.8. The fourth-order valence-corrected chi connectivity index (χ4v) is 5.76. The summed E-state index contributed by atoms with van der Waals surface area (Å²) in [5.41, 5.74) is 4.27. The molecule has 0 radical (unpaired) electrons. The van der Waals surface area contributed by atoms with Gasteiger partial charge in [0, 0.05) is 61.4 Å². The fourth-order valence-electron chi connectivity index (χ4n) is 5.76. The Morgan fingerprint density at radius 3 is 2.52 bits per heavy atom. The Morgan fingerprint density at radius 2 is 1.80 bits per heavy atom. The van der Waals surface area contributed by atoms with Gasteiger partial charge in [0.1, 0.15) is 17.6 Å². The van der Waals surface area contributed by atoms with Gasteiger partial charge in [-0.25, -0.2) is 9.18 Å². The van der Waals surface area contributed by atoms with E-state index >= 15 is 0 Å². The number of benzene rings is 3. The van der Waals surface area contributed by atoms with Gasteiger partial charge in [0.25, 0.3) is 0 Å². The average Bonchev–Trinajstić information content (AvgIpc) is 3.45. The number of rotatable bonds is 10. The first-order valence-electron chi connectivity index (χ1n) is 15.1. The molecule has 4 aromatic rings. The molecule has 5 rings (SSSR count). The number of hydrogen-bond acceptors (Lipinski definition) is 5. The van der Waals surface area contributed by atoms with Crippen LogP contribution in [0.4, 0.5) is 20.6 Å². The molecule has 2 atom stereocenters. The summed E-state index contributed by atoms with van der Waals surface area (Å²) in [6.45, 7) is 7.00. The Kier molecular flexibility index (Phi) is 9.69. The van der Waals surface area contributed by atoms with Crippen molar-refractivity contribution in [3.63, 3.8) is 0 Å². The van der Waals surface area contributed by atoms with Crippen molar-refractivity contribution in [2.24, 2.45) is 0 Å². The maximum absolute atomic E-state index is 14.1. The molecular weight excluding hydrogens is 559 g/mol. The monoisotopic (exact) mass is 600 g/mol. The lowest BCUT2D eigenvalue weighted by Crippen LogP contribution is -2.56. The molecule has 10 heteroatoms. The van der Waals surface area contributed by atoms with Crippen molar-refractivity contribution in [2.75, 3.05) is 57.1 Å². The molecule has 0 aliphatic carbocycles. The molecule has 0 spiro atoms. The van der Waals surface area contributed by atoms with Gasteiger partial charge in [0.05, 0.1) is 12.3 Å². The topological polar surface area (TPSA) is 92.9 Å². The minimum Gasteiger partial charge on any atom is -0.492 e. The lowest BCUT2D eigenvalue weighted by molar-refractivity contribution is -0.118. The van der Waals surface area contributed by atoms with Gasteiger partial charge in [-0.05, 0) is 68.5 Å². The molecule has 9 nitrogen and oxygen atoms in total. The predicted molar refractivity (Wildman–Crippen MR) is 173 cm³/mol. The summed E-state index contributed by atoms with van der Waals surface area (Å²) in [5, 5.41) is 7.13. The maximum atomic E-state index is 14.1. The number of fused-ring (bicyclic) bond motifs is 1. The van der Waals surface area contributed by atoms with E-state index in [0.29, 0.717) is 50.8 Å². The molecule has 0 saturated carbocycles. The van der Waals surface area contributed by atoms with Gasteiger partial charge in [-0.1, -0.05) is 37.3 Å². The van der Waals surface area contributed by atoms with Crippen molar-refractivity contribution < 1.29 is 18.7 Å². The number of carbonyl (C=O) groups is 2. The van der Waals surface area contributed by atoms with Gasteiger partial charge in [-0.3, -0.25) is 4.79 Å². The fraction of sp³-hybridized carbons (Fsp3) is 0.353. The van der Waals surface area contributed by atoms with Crippen molar-refractivity contribution in [2.45, 2.75) is 32.4 Å². The minimum atomic E-state index is -0.880. The largest absolute Gasteiger partial charge is 0.492 e. The molecule has 44 heavy (non-hydrogen) atoms. The molecule has 3 N–H and O–H groups in total. The third-order valence-electron chi connectivity index (χ3n) is 8.01. The van der Waals surface area contributed by atoms with E-state index < -0.39 is 6.04 Å². The van der Waals surface area contributed by atoms with Crippen molar-refractivity contribution >= 4 is 34.2 Å². The van der Waals surface area contributed by atoms with E-state index in [1.807, 2.05) is 82.7 Å². The van der Waals surface area contributed by atoms with Crippen LogP contribution in [-0.2, 0) is 11.3 Å². The van der Waals surface area contributed by atoms with Crippen molar-refractivity contribution in [1.82, 2.24) is 20.1 Å². The molecule has 1 aliphatic heterocycles. The summed E-state index contributed by atoms with van der Waals surface area (Å²) >= 11 is 0. The second-order valence-electron chi connectivity index (χ2n) is 11.4. The Hall–Kier alpha value is -4.57. The van der Waals surface area contributed by atoms with Crippen LogP contribution in [0, 0.1) is 5.82 Å². The summed E-state index contributed by atoms with van der Waals surface area (Å²) in [6.07, 6.45) is 1.91. The SMILES string of the molecule is CCOc1ccc(CN(C)C)cc1NC(=O)[C@H](NC(=O)N1CCN(c2cccc(F)c2)CC1)[C@@H](C)c1c[nH]c2ccccc12. The summed E-state index contributed by atoms with van der Waals surface area (Å²) in [4.78, 5) is 36.9. The van der Waals surface area contributed by atoms with Crippen molar-refractivity contribution in [1.29, 1.82) is 0 Å². The number of piperazine rings is 1. The van der Waals surface area contributed by atoms with Gasteiger partial charge < -0.3 is 35.1 Å². The number of urea groups is 1. The third kappa shape index (κ3) is 7.14. The summed E-state index contributed by atoms with van der Waals surface area (Å²) < 4.78 is 19.6. The number of anilines is 2. The number of nitrogens with zero attached hydrogens (tertiary/aromatic N) is 3. The zero-order valence-corrected chi connectivity index (χ0v) is 25.8. The predicted octanol–water partition coefficient (Wildman–Crippen LogP) is 5.41. The number of hydrogen-bond donors (Lipinski definition) is 3. The van der Waals surface area contributed by atoms with Gasteiger partial charge in [-0.2, -0.15) is 0 Å². The third-order valence-corrected chi connectivity index (χ3v) is 8.01. The Balaban J connectivity index is 1.38. The summed E-state index contributed by atoms with van der Waals surface area (Å²) in [6, 6.07) is 19.0. The van der Waals surface area contributed by atoms with E-state index in [9.17, 15) is 14.0 Å². The summed E-state index contributed by atoms with van der Waals surface area (Å²) in [5.74, 6) is -0.411. The normalized spacial score (nSPS) is 14.9. The Labute approximate surface area is 258 Å². The molecule has 1 aromatic heterocycles. The van der Waals surface area contributed by atoms with Gasteiger partial charge in [0.2, 0.25) is 5.91 Å².